The number of hydrogen-bond acceptors (Lipinski definition) is 1. The van der Waals surface area contributed by atoms with Crippen molar-refractivity contribution in [2.24, 2.45) is 5.92 Å². The Morgan fingerprint density at radius 2 is 2.07 bits per heavy atom. The fourth-order valence-electron chi connectivity index (χ4n) is 2.52. The maximum absolute atomic E-state index is 3.63. The van der Waals surface area contributed by atoms with Gasteiger partial charge >= 0.3 is 0 Å². The van der Waals surface area contributed by atoms with Crippen molar-refractivity contribution in [3.63, 3.8) is 0 Å². The van der Waals surface area contributed by atoms with Crippen molar-refractivity contribution in [3.8, 4) is 0 Å². The lowest BCUT2D eigenvalue weighted by Gasteiger charge is -2.24. The van der Waals surface area contributed by atoms with Gasteiger partial charge in [0.2, 0.25) is 0 Å². The normalized spacial score (nSPS) is 30.7. The standard InChI is InChI=1S/C13H18BrN/c1-10-7-13(2,15-9-10)8-11-3-5-12(14)6-4-11/h3-6,10,15H,7-9H2,1-2H3/t10-,13?/m0/s1. The number of hydrogen-bond donors (Lipinski definition) is 1. The first-order chi connectivity index (χ1) is 7.07. The molecule has 82 valence electrons. The highest BCUT2D eigenvalue weighted by molar-refractivity contribution is 9.10. The van der Waals surface area contributed by atoms with Gasteiger partial charge in [-0.25, -0.2) is 0 Å². The van der Waals surface area contributed by atoms with Crippen molar-refractivity contribution >= 4 is 15.9 Å². The van der Waals surface area contributed by atoms with Gasteiger partial charge in [-0.05, 0) is 49.9 Å². The summed E-state index contributed by atoms with van der Waals surface area (Å²) in [5, 5.41) is 3.63. The molecule has 0 amide bonds. The Labute approximate surface area is 100 Å². The van der Waals surface area contributed by atoms with Gasteiger partial charge in [0, 0.05) is 10.0 Å². The van der Waals surface area contributed by atoms with Crippen LogP contribution < -0.4 is 5.32 Å². The number of benzene rings is 1. The lowest BCUT2D eigenvalue weighted by Crippen LogP contribution is -2.38. The molecule has 1 saturated heterocycles. The van der Waals surface area contributed by atoms with Crippen LogP contribution in [-0.2, 0) is 6.42 Å². The SMILES string of the molecule is C[C@@H]1CNC(C)(Cc2ccc(Br)cc2)C1. The topological polar surface area (TPSA) is 12.0 Å². The molecule has 1 fully saturated rings. The molecule has 1 aliphatic heterocycles. The van der Waals surface area contributed by atoms with E-state index in [4.69, 9.17) is 0 Å². The van der Waals surface area contributed by atoms with Crippen LogP contribution in [0.15, 0.2) is 28.7 Å². The minimum absolute atomic E-state index is 0.299. The third kappa shape index (κ3) is 2.82. The highest BCUT2D eigenvalue weighted by Gasteiger charge is 2.32. The molecule has 2 rings (SSSR count). The van der Waals surface area contributed by atoms with E-state index in [1.165, 1.54) is 12.0 Å². The van der Waals surface area contributed by atoms with Gasteiger partial charge in [0.1, 0.15) is 0 Å². The molecule has 0 aliphatic carbocycles. The molecule has 1 aromatic rings. The predicted octanol–water partition coefficient (Wildman–Crippen LogP) is 3.38. The van der Waals surface area contributed by atoms with Gasteiger partial charge in [-0.1, -0.05) is 35.0 Å². The van der Waals surface area contributed by atoms with E-state index in [1.54, 1.807) is 0 Å². The smallest absolute Gasteiger partial charge is 0.0196 e. The fourth-order valence-corrected chi connectivity index (χ4v) is 2.79. The summed E-state index contributed by atoms with van der Waals surface area (Å²) < 4.78 is 1.16. The van der Waals surface area contributed by atoms with Crippen molar-refractivity contribution < 1.29 is 0 Å². The third-order valence-corrected chi connectivity index (χ3v) is 3.71. The van der Waals surface area contributed by atoms with Crippen molar-refractivity contribution in [1.29, 1.82) is 0 Å². The van der Waals surface area contributed by atoms with E-state index in [9.17, 15) is 0 Å². The Kier molecular flexibility index (Phi) is 3.17. The van der Waals surface area contributed by atoms with Gasteiger partial charge < -0.3 is 5.32 Å². The molecule has 1 aliphatic rings. The molecule has 1 aromatic carbocycles. The fraction of sp³-hybridized carbons (Fsp3) is 0.538. The quantitative estimate of drug-likeness (QED) is 0.867. The summed E-state index contributed by atoms with van der Waals surface area (Å²) in [6.07, 6.45) is 2.41. The molecule has 0 radical (unpaired) electrons. The number of halogens is 1. The zero-order valence-electron chi connectivity index (χ0n) is 9.39. The van der Waals surface area contributed by atoms with E-state index in [-0.39, 0.29) is 0 Å². The molecule has 0 saturated carbocycles. The van der Waals surface area contributed by atoms with Crippen molar-refractivity contribution in [2.45, 2.75) is 32.2 Å². The molecule has 1 unspecified atom stereocenters. The van der Waals surface area contributed by atoms with Gasteiger partial charge in [-0.3, -0.25) is 0 Å². The summed E-state index contributed by atoms with van der Waals surface area (Å²) in [6.45, 7) is 5.81. The van der Waals surface area contributed by atoms with Crippen molar-refractivity contribution in [2.75, 3.05) is 6.54 Å². The Morgan fingerprint density at radius 1 is 1.40 bits per heavy atom. The number of nitrogens with one attached hydrogen (secondary N) is 1. The largest absolute Gasteiger partial charge is 0.311 e. The molecule has 0 spiro atoms. The van der Waals surface area contributed by atoms with E-state index in [2.05, 4.69) is 59.4 Å². The molecule has 1 N–H and O–H groups in total. The molecule has 1 heterocycles. The summed E-state index contributed by atoms with van der Waals surface area (Å²) in [5.41, 5.74) is 1.72. The van der Waals surface area contributed by atoms with Crippen LogP contribution in [-0.4, -0.2) is 12.1 Å². The van der Waals surface area contributed by atoms with Gasteiger partial charge in [0.25, 0.3) is 0 Å². The van der Waals surface area contributed by atoms with Crippen LogP contribution in [0.25, 0.3) is 0 Å². The molecule has 2 atom stereocenters. The summed E-state index contributed by atoms with van der Waals surface area (Å²) in [4.78, 5) is 0. The van der Waals surface area contributed by atoms with E-state index in [0.29, 0.717) is 5.54 Å². The zero-order valence-corrected chi connectivity index (χ0v) is 11.0. The molecule has 0 aromatic heterocycles. The second kappa shape index (κ2) is 4.26. The average Bonchev–Trinajstić information content (AvgIpc) is 2.50. The predicted molar refractivity (Wildman–Crippen MR) is 68.0 cm³/mol. The van der Waals surface area contributed by atoms with Crippen LogP contribution in [0.3, 0.4) is 0 Å². The maximum Gasteiger partial charge on any atom is 0.0196 e. The average molecular weight is 268 g/mol. The van der Waals surface area contributed by atoms with Crippen molar-refractivity contribution in [3.05, 3.63) is 34.3 Å². The van der Waals surface area contributed by atoms with Gasteiger partial charge in [0.05, 0.1) is 0 Å². The van der Waals surface area contributed by atoms with E-state index in [0.717, 1.165) is 23.4 Å². The minimum atomic E-state index is 0.299. The molecule has 15 heavy (non-hydrogen) atoms. The Bertz CT molecular complexity index is 333. The van der Waals surface area contributed by atoms with Crippen LogP contribution in [0.1, 0.15) is 25.8 Å². The summed E-state index contributed by atoms with van der Waals surface area (Å²) in [5.74, 6) is 0.811. The Hall–Kier alpha value is -0.340. The van der Waals surface area contributed by atoms with E-state index < -0.39 is 0 Å². The first-order valence-corrected chi connectivity index (χ1v) is 6.36. The molecule has 1 nitrogen and oxygen atoms in total. The van der Waals surface area contributed by atoms with Crippen LogP contribution in [0.5, 0.6) is 0 Å². The van der Waals surface area contributed by atoms with E-state index >= 15 is 0 Å². The van der Waals surface area contributed by atoms with E-state index in [1.807, 2.05) is 0 Å². The van der Waals surface area contributed by atoms with Crippen LogP contribution in [0.2, 0.25) is 0 Å². The molecule has 0 bridgehead atoms. The Morgan fingerprint density at radius 3 is 2.60 bits per heavy atom. The van der Waals surface area contributed by atoms with Gasteiger partial charge in [-0.2, -0.15) is 0 Å². The third-order valence-electron chi connectivity index (χ3n) is 3.18. The second-order valence-electron chi connectivity index (χ2n) is 5.05. The van der Waals surface area contributed by atoms with Crippen molar-refractivity contribution in [1.82, 2.24) is 5.32 Å². The second-order valence-corrected chi connectivity index (χ2v) is 5.97. The summed E-state index contributed by atoms with van der Waals surface area (Å²) >= 11 is 3.47. The monoisotopic (exact) mass is 267 g/mol. The van der Waals surface area contributed by atoms with Crippen LogP contribution in [0.4, 0.5) is 0 Å². The maximum atomic E-state index is 3.63. The van der Waals surface area contributed by atoms with Crippen LogP contribution >= 0.6 is 15.9 Å². The molecule has 2 heteroatoms. The lowest BCUT2D eigenvalue weighted by molar-refractivity contribution is 0.402. The zero-order chi connectivity index (χ0) is 10.9. The first-order valence-electron chi connectivity index (χ1n) is 5.57. The highest BCUT2D eigenvalue weighted by atomic mass is 79.9. The summed E-state index contributed by atoms with van der Waals surface area (Å²) in [6, 6.07) is 8.66. The summed E-state index contributed by atoms with van der Waals surface area (Å²) in [7, 11) is 0. The number of rotatable bonds is 2. The Balaban J connectivity index is 2.05. The van der Waals surface area contributed by atoms with Gasteiger partial charge in [-0.15, -0.1) is 0 Å². The minimum Gasteiger partial charge on any atom is -0.311 e. The highest BCUT2D eigenvalue weighted by Crippen LogP contribution is 2.27. The lowest BCUT2D eigenvalue weighted by atomic mass is 9.89. The first kappa shape index (κ1) is 11.2. The van der Waals surface area contributed by atoms with Crippen LogP contribution in [0, 0.1) is 5.92 Å². The molecular formula is C13H18BrN. The molecular weight excluding hydrogens is 250 g/mol. The van der Waals surface area contributed by atoms with Gasteiger partial charge in [0.15, 0.2) is 0 Å².